The molecule has 1 aliphatic rings. The van der Waals surface area contributed by atoms with Gasteiger partial charge in [0, 0.05) is 18.4 Å². The van der Waals surface area contributed by atoms with E-state index in [0.29, 0.717) is 20.3 Å². The molecule has 3 rings (SSSR count). The maximum Gasteiger partial charge on any atom is 0.257 e. The van der Waals surface area contributed by atoms with Crippen molar-refractivity contribution in [3.63, 3.8) is 0 Å². The third-order valence-electron chi connectivity index (χ3n) is 3.10. The summed E-state index contributed by atoms with van der Waals surface area (Å²) in [7, 11) is 0. The molecule has 2 aromatic rings. The minimum Gasteiger partial charge on any atom is -0.296 e. The molecule has 3 amide bonds. The molecule has 2 heterocycles. The van der Waals surface area contributed by atoms with Gasteiger partial charge in [0.2, 0.25) is 16.9 Å². The van der Waals surface area contributed by atoms with Crippen molar-refractivity contribution in [1.82, 2.24) is 10.2 Å². The maximum atomic E-state index is 12.0. The first-order valence-electron chi connectivity index (χ1n) is 6.37. The number of hydrogen-bond donors (Lipinski definition) is 2. The van der Waals surface area contributed by atoms with Crippen molar-refractivity contribution < 1.29 is 14.4 Å². The molecule has 0 bridgehead atoms. The normalized spacial score (nSPS) is 14.5. The van der Waals surface area contributed by atoms with Gasteiger partial charge in [0.15, 0.2) is 3.95 Å². The van der Waals surface area contributed by atoms with E-state index in [1.807, 2.05) is 0 Å². The molecular weight excluding hydrogens is 324 g/mol. The van der Waals surface area contributed by atoms with Crippen molar-refractivity contribution in [3.05, 3.63) is 33.8 Å². The molecule has 0 unspecified atom stereocenters. The van der Waals surface area contributed by atoms with Crippen molar-refractivity contribution in [3.8, 4) is 0 Å². The van der Waals surface area contributed by atoms with Crippen LogP contribution >= 0.6 is 23.6 Å². The third-order valence-corrected chi connectivity index (χ3v) is 4.10. The number of carbonyl (C=O) groups is 3. The lowest BCUT2D eigenvalue weighted by atomic mass is 10.2. The second-order valence-electron chi connectivity index (χ2n) is 4.54. The Balaban J connectivity index is 1.76. The van der Waals surface area contributed by atoms with E-state index in [2.05, 4.69) is 15.5 Å². The van der Waals surface area contributed by atoms with Gasteiger partial charge in [-0.25, -0.2) is 0 Å². The average Bonchev–Trinajstić information content (AvgIpc) is 3.05. The SMILES string of the molecule is O=C(Nc1n[nH]c(=S)s1)c1ccc(N2C(=O)CCC2=O)cc1. The number of carbonyl (C=O) groups excluding carboxylic acids is 3. The molecule has 9 heteroatoms. The second kappa shape index (κ2) is 5.78. The number of aromatic nitrogens is 2. The zero-order valence-corrected chi connectivity index (χ0v) is 12.8. The Morgan fingerprint density at radius 1 is 1.23 bits per heavy atom. The van der Waals surface area contributed by atoms with Crippen LogP contribution in [0.1, 0.15) is 23.2 Å². The van der Waals surface area contributed by atoms with Crippen LogP contribution in [0.3, 0.4) is 0 Å². The summed E-state index contributed by atoms with van der Waals surface area (Å²) in [4.78, 5) is 36.5. The largest absolute Gasteiger partial charge is 0.296 e. The van der Waals surface area contributed by atoms with Crippen LogP contribution < -0.4 is 10.2 Å². The molecule has 0 radical (unpaired) electrons. The molecule has 0 atom stereocenters. The quantitative estimate of drug-likeness (QED) is 0.662. The van der Waals surface area contributed by atoms with Gasteiger partial charge in [-0.2, -0.15) is 0 Å². The standard InChI is InChI=1S/C13H10N4O3S2/c18-9-5-6-10(19)17(9)8-3-1-7(2-4-8)11(20)14-12-15-16-13(21)22-12/h1-4H,5-6H2,(H,16,21)(H,14,15,20). The molecule has 0 aliphatic carbocycles. The second-order valence-corrected chi connectivity index (χ2v) is 6.21. The van der Waals surface area contributed by atoms with E-state index in [0.717, 1.165) is 16.2 Å². The Morgan fingerprint density at radius 3 is 2.41 bits per heavy atom. The van der Waals surface area contributed by atoms with Crippen molar-refractivity contribution in [2.75, 3.05) is 10.2 Å². The zero-order valence-electron chi connectivity index (χ0n) is 11.2. The van der Waals surface area contributed by atoms with E-state index in [-0.39, 0.29) is 30.6 Å². The number of rotatable bonds is 3. The zero-order chi connectivity index (χ0) is 15.7. The van der Waals surface area contributed by atoms with Crippen molar-refractivity contribution in [1.29, 1.82) is 0 Å². The number of hydrogen-bond acceptors (Lipinski definition) is 6. The predicted molar refractivity (Wildman–Crippen MR) is 83.4 cm³/mol. The van der Waals surface area contributed by atoms with Gasteiger partial charge in [-0.1, -0.05) is 11.3 Å². The van der Waals surface area contributed by atoms with E-state index in [9.17, 15) is 14.4 Å². The summed E-state index contributed by atoms with van der Waals surface area (Å²) < 4.78 is 0.469. The van der Waals surface area contributed by atoms with Crippen molar-refractivity contribution >= 4 is 52.1 Å². The Bertz CT molecular complexity index is 793. The number of nitrogens with zero attached hydrogens (tertiary/aromatic N) is 2. The van der Waals surface area contributed by atoms with Crippen LogP contribution in [0.15, 0.2) is 24.3 Å². The molecule has 22 heavy (non-hydrogen) atoms. The van der Waals surface area contributed by atoms with Crippen LogP contribution in [0.5, 0.6) is 0 Å². The fourth-order valence-corrected chi connectivity index (χ4v) is 2.86. The summed E-state index contributed by atoms with van der Waals surface area (Å²) in [5, 5.41) is 9.40. The van der Waals surface area contributed by atoms with Gasteiger partial charge in [0.25, 0.3) is 5.91 Å². The Morgan fingerprint density at radius 2 is 1.86 bits per heavy atom. The lowest BCUT2D eigenvalue weighted by Gasteiger charge is -2.13. The Labute approximate surface area is 134 Å². The number of H-pyrrole nitrogens is 1. The molecule has 1 fully saturated rings. The van der Waals surface area contributed by atoms with Crippen LogP contribution in [0.2, 0.25) is 0 Å². The highest BCUT2D eigenvalue weighted by atomic mass is 32.1. The summed E-state index contributed by atoms with van der Waals surface area (Å²) in [6.07, 6.45) is 0.454. The van der Waals surface area contributed by atoms with Gasteiger partial charge in [-0.15, -0.1) is 5.10 Å². The van der Waals surface area contributed by atoms with Gasteiger partial charge in [0.05, 0.1) is 5.69 Å². The van der Waals surface area contributed by atoms with Gasteiger partial charge < -0.3 is 0 Å². The molecule has 2 N–H and O–H groups in total. The minimum atomic E-state index is -0.344. The van der Waals surface area contributed by atoms with Crippen LogP contribution in [0.4, 0.5) is 10.8 Å². The molecule has 1 aliphatic heterocycles. The van der Waals surface area contributed by atoms with E-state index >= 15 is 0 Å². The highest BCUT2D eigenvalue weighted by Crippen LogP contribution is 2.23. The van der Waals surface area contributed by atoms with E-state index in [1.54, 1.807) is 24.3 Å². The van der Waals surface area contributed by atoms with Gasteiger partial charge in [-0.05, 0) is 36.5 Å². The lowest BCUT2D eigenvalue weighted by Crippen LogP contribution is -2.28. The van der Waals surface area contributed by atoms with E-state index in [1.165, 1.54) is 0 Å². The Hall–Kier alpha value is -2.39. The highest BCUT2D eigenvalue weighted by Gasteiger charge is 2.30. The number of benzene rings is 1. The number of anilines is 2. The van der Waals surface area contributed by atoms with Crippen molar-refractivity contribution in [2.24, 2.45) is 0 Å². The number of imide groups is 1. The van der Waals surface area contributed by atoms with Crippen LogP contribution in [0, 0.1) is 3.95 Å². The Kier molecular flexibility index (Phi) is 3.82. The molecular formula is C13H10N4O3S2. The van der Waals surface area contributed by atoms with Crippen LogP contribution in [-0.2, 0) is 9.59 Å². The van der Waals surface area contributed by atoms with E-state index in [4.69, 9.17) is 12.2 Å². The molecule has 0 spiro atoms. The molecule has 1 aromatic carbocycles. The summed E-state index contributed by atoms with van der Waals surface area (Å²) in [6.45, 7) is 0. The number of amides is 3. The fraction of sp³-hybridized carbons (Fsp3) is 0.154. The molecule has 7 nitrogen and oxygen atoms in total. The topological polar surface area (TPSA) is 95.2 Å². The predicted octanol–water partition coefficient (Wildman–Crippen LogP) is 2.11. The minimum absolute atomic E-state index is 0.224. The van der Waals surface area contributed by atoms with Gasteiger partial charge in [-0.3, -0.25) is 29.7 Å². The van der Waals surface area contributed by atoms with Crippen LogP contribution in [-0.4, -0.2) is 27.9 Å². The lowest BCUT2D eigenvalue weighted by molar-refractivity contribution is -0.121. The summed E-state index contributed by atoms with van der Waals surface area (Å²) >= 11 is 6.04. The smallest absolute Gasteiger partial charge is 0.257 e. The van der Waals surface area contributed by atoms with Gasteiger partial charge >= 0.3 is 0 Å². The number of aromatic amines is 1. The summed E-state index contributed by atoms with van der Waals surface area (Å²) in [6, 6.07) is 6.25. The maximum absolute atomic E-state index is 12.0. The number of nitrogens with one attached hydrogen (secondary N) is 2. The first-order valence-corrected chi connectivity index (χ1v) is 7.60. The molecule has 1 saturated heterocycles. The molecule has 0 saturated carbocycles. The third kappa shape index (κ3) is 2.81. The van der Waals surface area contributed by atoms with Gasteiger partial charge in [0.1, 0.15) is 0 Å². The first kappa shape index (κ1) is 14.5. The van der Waals surface area contributed by atoms with Crippen LogP contribution in [0.25, 0.3) is 0 Å². The summed E-state index contributed by atoms with van der Waals surface area (Å²) in [5.41, 5.74) is 0.864. The van der Waals surface area contributed by atoms with Crippen molar-refractivity contribution in [2.45, 2.75) is 12.8 Å². The average molecular weight is 334 g/mol. The molecule has 1 aromatic heterocycles. The first-order chi connectivity index (χ1) is 10.5. The fourth-order valence-electron chi connectivity index (χ4n) is 2.08. The highest BCUT2D eigenvalue weighted by molar-refractivity contribution is 7.73. The van der Waals surface area contributed by atoms with E-state index < -0.39 is 0 Å². The summed E-state index contributed by atoms with van der Waals surface area (Å²) in [5.74, 6) is -0.791. The monoisotopic (exact) mass is 334 g/mol. The molecule has 112 valence electrons.